The molecule has 1 saturated carbocycles. The molecule has 114 valence electrons. The highest BCUT2D eigenvalue weighted by Gasteiger charge is 2.43. The van der Waals surface area contributed by atoms with Gasteiger partial charge in [0.15, 0.2) is 0 Å². The van der Waals surface area contributed by atoms with Crippen molar-refractivity contribution in [1.29, 1.82) is 0 Å². The zero-order valence-electron chi connectivity index (χ0n) is 12.3. The predicted octanol–water partition coefficient (Wildman–Crippen LogP) is 2.46. The highest BCUT2D eigenvalue weighted by Crippen LogP contribution is 2.33. The molecule has 21 heavy (non-hydrogen) atoms. The van der Waals surface area contributed by atoms with E-state index in [9.17, 15) is 19.8 Å². The van der Waals surface area contributed by atoms with Crippen LogP contribution in [0.1, 0.15) is 48.5 Å². The summed E-state index contributed by atoms with van der Waals surface area (Å²) in [5.41, 5.74) is -0.283. The number of hydrogen-bond acceptors (Lipinski definition) is 3. The van der Waals surface area contributed by atoms with Crippen molar-refractivity contribution >= 4 is 11.9 Å². The molecule has 2 unspecified atom stereocenters. The first-order valence-corrected chi connectivity index (χ1v) is 7.19. The molecule has 2 rings (SSSR count). The maximum Gasteiger partial charge on any atom is 0.329 e. The number of aromatic hydroxyl groups is 1. The molecular formula is C16H21NO4. The summed E-state index contributed by atoms with van der Waals surface area (Å²) >= 11 is 0. The van der Waals surface area contributed by atoms with Gasteiger partial charge in [-0.2, -0.15) is 0 Å². The van der Waals surface area contributed by atoms with Gasteiger partial charge < -0.3 is 15.5 Å². The number of carboxylic acids is 1. The van der Waals surface area contributed by atoms with E-state index < -0.39 is 17.4 Å². The number of benzene rings is 1. The Hall–Kier alpha value is -2.04. The van der Waals surface area contributed by atoms with Gasteiger partial charge in [0.2, 0.25) is 0 Å². The number of nitrogens with one attached hydrogen (secondary N) is 1. The summed E-state index contributed by atoms with van der Waals surface area (Å²) in [7, 11) is 0. The molecule has 1 aromatic rings. The molecule has 0 aromatic heterocycles. The Morgan fingerprint density at radius 1 is 1.38 bits per heavy atom. The standard InChI is InChI=1S/C16H21NO4/c1-10-5-6-12(13(18)8-10)14(19)17-16(15(20)21)7-3-4-11(2)9-16/h5-6,8,11,18H,3-4,7,9H2,1-2H3,(H,17,19)(H,20,21). The topological polar surface area (TPSA) is 86.6 Å². The van der Waals surface area contributed by atoms with Crippen LogP contribution in [-0.4, -0.2) is 27.6 Å². The molecular weight excluding hydrogens is 270 g/mol. The lowest BCUT2D eigenvalue weighted by atomic mass is 9.76. The average Bonchev–Trinajstić information content (AvgIpc) is 2.38. The van der Waals surface area contributed by atoms with Crippen LogP contribution in [0.2, 0.25) is 0 Å². The molecule has 1 aliphatic carbocycles. The van der Waals surface area contributed by atoms with Crippen LogP contribution in [0, 0.1) is 12.8 Å². The van der Waals surface area contributed by atoms with E-state index in [1.165, 1.54) is 12.1 Å². The number of aliphatic carboxylic acids is 1. The minimum Gasteiger partial charge on any atom is -0.507 e. The van der Waals surface area contributed by atoms with Gasteiger partial charge in [0, 0.05) is 0 Å². The minimum atomic E-state index is -1.23. The van der Waals surface area contributed by atoms with Gasteiger partial charge in [0.1, 0.15) is 11.3 Å². The second-order valence-electron chi connectivity index (χ2n) is 6.06. The first-order valence-electron chi connectivity index (χ1n) is 7.19. The van der Waals surface area contributed by atoms with E-state index in [0.29, 0.717) is 12.8 Å². The fourth-order valence-corrected chi connectivity index (χ4v) is 3.03. The summed E-state index contributed by atoms with van der Waals surface area (Å²) in [5.74, 6) is -1.42. The highest BCUT2D eigenvalue weighted by atomic mass is 16.4. The van der Waals surface area contributed by atoms with Gasteiger partial charge in [-0.15, -0.1) is 0 Å². The lowest BCUT2D eigenvalue weighted by molar-refractivity contribution is -0.146. The van der Waals surface area contributed by atoms with Gasteiger partial charge in [-0.3, -0.25) is 4.79 Å². The van der Waals surface area contributed by atoms with E-state index in [1.54, 1.807) is 6.07 Å². The normalized spacial score (nSPS) is 25.3. The predicted molar refractivity (Wildman–Crippen MR) is 78.3 cm³/mol. The lowest BCUT2D eigenvalue weighted by Gasteiger charge is -2.37. The molecule has 1 amide bonds. The van der Waals surface area contributed by atoms with E-state index in [4.69, 9.17) is 0 Å². The van der Waals surface area contributed by atoms with Crippen molar-refractivity contribution in [3.05, 3.63) is 29.3 Å². The molecule has 0 aliphatic heterocycles. The number of carbonyl (C=O) groups is 2. The van der Waals surface area contributed by atoms with Crippen molar-refractivity contribution in [2.75, 3.05) is 0 Å². The molecule has 1 fully saturated rings. The number of rotatable bonds is 3. The van der Waals surface area contributed by atoms with E-state index in [-0.39, 0.29) is 17.2 Å². The summed E-state index contributed by atoms with van der Waals surface area (Å²) < 4.78 is 0. The van der Waals surface area contributed by atoms with E-state index in [2.05, 4.69) is 5.32 Å². The molecule has 5 heteroatoms. The first-order chi connectivity index (χ1) is 9.84. The molecule has 3 N–H and O–H groups in total. The van der Waals surface area contributed by atoms with Gasteiger partial charge in [-0.05, 0) is 43.4 Å². The molecule has 0 heterocycles. The van der Waals surface area contributed by atoms with Crippen LogP contribution in [0.25, 0.3) is 0 Å². The average molecular weight is 291 g/mol. The minimum absolute atomic E-state index is 0.111. The summed E-state index contributed by atoms with van der Waals surface area (Å²) in [5, 5.41) is 22.0. The Bertz CT molecular complexity index is 569. The molecule has 1 aliphatic rings. The van der Waals surface area contributed by atoms with Crippen LogP contribution in [0.5, 0.6) is 5.75 Å². The van der Waals surface area contributed by atoms with Crippen molar-refractivity contribution in [3.8, 4) is 5.75 Å². The summed E-state index contributed by atoms with van der Waals surface area (Å²) in [6, 6.07) is 4.72. The maximum absolute atomic E-state index is 12.3. The monoisotopic (exact) mass is 291 g/mol. The molecule has 5 nitrogen and oxygen atoms in total. The Morgan fingerprint density at radius 2 is 2.10 bits per heavy atom. The maximum atomic E-state index is 12.3. The SMILES string of the molecule is Cc1ccc(C(=O)NC2(C(=O)O)CCCC(C)C2)c(O)c1. The van der Waals surface area contributed by atoms with Crippen molar-refractivity contribution in [2.24, 2.45) is 5.92 Å². The van der Waals surface area contributed by atoms with E-state index in [0.717, 1.165) is 18.4 Å². The number of carbonyl (C=O) groups excluding carboxylic acids is 1. The van der Waals surface area contributed by atoms with Crippen molar-refractivity contribution in [3.63, 3.8) is 0 Å². The number of phenols is 1. The molecule has 0 spiro atoms. The Kier molecular flexibility index (Phi) is 4.21. The van der Waals surface area contributed by atoms with E-state index in [1.807, 2.05) is 13.8 Å². The number of aryl methyl sites for hydroxylation is 1. The third-order valence-corrected chi connectivity index (χ3v) is 4.16. The summed E-state index contributed by atoms with van der Waals surface area (Å²) in [6.07, 6.45) is 2.58. The number of hydrogen-bond donors (Lipinski definition) is 3. The highest BCUT2D eigenvalue weighted by molar-refractivity contribution is 6.00. The fraction of sp³-hybridized carbons (Fsp3) is 0.500. The van der Waals surface area contributed by atoms with Crippen molar-refractivity contribution in [2.45, 2.75) is 45.1 Å². The lowest BCUT2D eigenvalue weighted by Crippen LogP contribution is -2.56. The summed E-state index contributed by atoms with van der Waals surface area (Å²) in [4.78, 5) is 24.0. The Labute approximate surface area is 124 Å². The van der Waals surface area contributed by atoms with Crippen LogP contribution in [0.15, 0.2) is 18.2 Å². The second kappa shape index (κ2) is 5.76. The van der Waals surface area contributed by atoms with Gasteiger partial charge in [0.05, 0.1) is 5.56 Å². The molecule has 0 saturated heterocycles. The third-order valence-electron chi connectivity index (χ3n) is 4.16. The Balaban J connectivity index is 2.24. The molecule has 0 bridgehead atoms. The van der Waals surface area contributed by atoms with Crippen molar-refractivity contribution in [1.82, 2.24) is 5.32 Å². The second-order valence-corrected chi connectivity index (χ2v) is 6.06. The van der Waals surface area contributed by atoms with Crippen LogP contribution in [0.4, 0.5) is 0 Å². The number of phenolic OH excluding ortho intramolecular Hbond substituents is 1. The molecule has 2 atom stereocenters. The van der Waals surface area contributed by atoms with Gasteiger partial charge in [-0.1, -0.05) is 25.8 Å². The number of amides is 1. The van der Waals surface area contributed by atoms with Crippen LogP contribution >= 0.6 is 0 Å². The summed E-state index contributed by atoms with van der Waals surface area (Å²) in [6.45, 7) is 3.80. The molecule has 0 radical (unpaired) electrons. The van der Waals surface area contributed by atoms with Crippen LogP contribution < -0.4 is 5.32 Å². The Morgan fingerprint density at radius 3 is 2.67 bits per heavy atom. The largest absolute Gasteiger partial charge is 0.507 e. The van der Waals surface area contributed by atoms with Crippen molar-refractivity contribution < 1.29 is 19.8 Å². The van der Waals surface area contributed by atoms with Crippen LogP contribution in [0.3, 0.4) is 0 Å². The van der Waals surface area contributed by atoms with E-state index >= 15 is 0 Å². The van der Waals surface area contributed by atoms with Gasteiger partial charge >= 0.3 is 5.97 Å². The van der Waals surface area contributed by atoms with Gasteiger partial charge in [0.25, 0.3) is 5.91 Å². The fourth-order valence-electron chi connectivity index (χ4n) is 3.03. The van der Waals surface area contributed by atoms with Gasteiger partial charge in [-0.25, -0.2) is 4.79 Å². The zero-order valence-corrected chi connectivity index (χ0v) is 12.3. The van der Waals surface area contributed by atoms with Crippen LogP contribution in [-0.2, 0) is 4.79 Å². The third kappa shape index (κ3) is 3.17. The zero-order chi connectivity index (χ0) is 15.6. The quantitative estimate of drug-likeness (QED) is 0.798. The smallest absolute Gasteiger partial charge is 0.329 e. The first kappa shape index (κ1) is 15.4. The molecule has 1 aromatic carbocycles. The number of carboxylic acid groups (broad SMARTS) is 1.